The van der Waals surface area contributed by atoms with Crippen LogP contribution in [-0.4, -0.2) is 5.33 Å². The van der Waals surface area contributed by atoms with Crippen molar-refractivity contribution in [3.8, 4) is 0 Å². The molecule has 126 valence electrons. The molecule has 0 nitrogen and oxygen atoms in total. The minimum atomic E-state index is 0.874. The first kappa shape index (κ1) is 21.2. The van der Waals surface area contributed by atoms with Gasteiger partial charge in [0.25, 0.3) is 0 Å². The number of halogens is 1. The topological polar surface area (TPSA) is 0 Å². The fourth-order valence-corrected chi connectivity index (χ4v) is 3.49. The molecule has 0 rings (SSSR count). The molecule has 0 aromatic rings. The van der Waals surface area contributed by atoms with E-state index in [1.807, 2.05) is 0 Å². The third kappa shape index (κ3) is 14.9. The van der Waals surface area contributed by atoms with Crippen molar-refractivity contribution in [1.82, 2.24) is 0 Å². The fourth-order valence-electron chi connectivity index (χ4n) is 2.94. The van der Waals surface area contributed by atoms with E-state index in [1.54, 1.807) is 0 Å². The fraction of sp³-hybridized carbons (Fsp3) is 0.900. The highest BCUT2D eigenvalue weighted by atomic mass is 79.9. The van der Waals surface area contributed by atoms with Crippen LogP contribution in [0.2, 0.25) is 0 Å². The molecule has 0 aromatic heterocycles. The third-order valence-electron chi connectivity index (χ3n) is 4.57. The average molecular weight is 359 g/mol. The summed E-state index contributed by atoms with van der Waals surface area (Å²) in [6.07, 6.45) is 14.9. The molecule has 21 heavy (non-hydrogen) atoms. The minimum absolute atomic E-state index is 0.874. The van der Waals surface area contributed by atoms with Crippen LogP contribution in [-0.2, 0) is 0 Å². The van der Waals surface area contributed by atoms with Crippen LogP contribution in [0.3, 0.4) is 0 Å². The highest BCUT2D eigenvalue weighted by Gasteiger charge is 2.06. The van der Waals surface area contributed by atoms with E-state index in [0.717, 1.165) is 23.1 Å². The highest BCUT2D eigenvalue weighted by molar-refractivity contribution is 9.09. The normalized spacial score (nSPS) is 15.5. The van der Waals surface area contributed by atoms with Gasteiger partial charge in [-0.05, 0) is 37.5 Å². The van der Waals surface area contributed by atoms with Crippen molar-refractivity contribution >= 4 is 15.9 Å². The molecule has 0 saturated heterocycles. The van der Waals surface area contributed by atoms with Gasteiger partial charge in [-0.1, -0.05) is 100 Å². The molecular formula is C20H39Br. The zero-order chi connectivity index (χ0) is 16.1. The summed E-state index contributed by atoms with van der Waals surface area (Å²) in [6, 6.07) is 0. The number of hydrogen-bond donors (Lipinski definition) is 0. The molecule has 0 heterocycles. The summed E-state index contributed by atoms with van der Waals surface area (Å²) >= 11 is 3.47. The van der Waals surface area contributed by atoms with Crippen molar-refractivity contribution in [3.63, 3.8) is 0 Å². The number of rotatable bonds is 13. The maximum atomic E-state index is 3.47. The van der Waals surface area contributed by atoms with Gasteiger partial charge in [0.1, 0.15) is 0 Å². The average Bonchev–Trinajstić information content (AvgIpc) is 2.38. The van der Waals surface area contributed by atoms with Crippen LogP contribution >= 0.6 is 15.9 Å². The monoisotopic (exact) mass is 358 g/mol. The van der Waals surface area contributed by atoms with Crippen LogP contribution in [0.5, 0.6) is 0 Å². The summed E-state index contributed by atoms with van der Waals surface area (Å²) in [6.45, 7) is 11.8. The van der Waals surface area contributed by atoms with Crippen molar-refractivity contribution < 1.29 is 0 Å². The molecule has 0 bridgehead atoms. The lowest BCUT2D eigenvalue weighted by Gasteiger charge is -2.15. The first-order chi connectivity index (χ1) is 9.95. The van der Waals surface area contributed by atoms with Crippen LogP contribution in [0.25, 0.3) is 0 Å². The van der Waals surface area contributed by atoms with Gasteiger partial charge < -0.3 is 0 Å². The van der Waals surface area contributed by atoms with E-state index in [0.29, 0.717) is 0 Å². The van der Waals surface area contributed by atoms with Crippen LogP contribution in [0.4, 0.5) is 0 Å². The lowest BCUT2D eigenvalue weighted by atomic mass is 9.91. The van der Waals surface area contributed by atoms with E-state index in [9.17, 15) is 0 Å². The second-order valence-corrected chi connectivity index (χ2v) is 8.21. The van der Waals surface area contributed by atoms with Crippen LogP contribution in [0, 0.1) is 17.8 Å². The number of alkyl halides is 1. The van der Waals surface area contributed by atoms with Gasteiger partial charge in [0, 0.05) is 5.33 Å². The molecule has 0 amide bonds. The van der Waals surface area contributed by atoms with E-state index in [1.165, 1.54) is 63.4 Å². The minimum Gasteiger partial charge on any atom is -0.0883 e. The number of hydrogen-bond acceptors (Lipinski definition) is 0. The molecule has 2 atom stereocenters. The van der Waals surface area contributed by atoms with Gasteiger partial charge in [-0.25, -0.2) is 0 Å². The van der Waals surface area contributed by atoms with Gasteiger partial charge in [-0.2, -0.15) is 0 Å². The standard InChI is InChI=1S/C20H39Br/c1-17(2)9-6-10-18(3)11-7-12-19(4)13-8-14-20(5)15-16-21/h15,17-19H,6-14,16H2,1-5H3. The molecule has 0 aliphatic carbocycles. The van der Waals surface area contributed by atoms with Gasteiger partial charge >= 0.3 is 0 Å². The molecule has 0 aliphatic heterocycles. The van der Waals surface area contributed by atoms with E-state index in [-0.39, 0.29) is 0 Å². The number of allylic oxidation sites excluding steroid dienone is 2. The summed E-state index contributed by atoms with van der Waals surface area (Å²) in [4.78, 5) is 0. The van der Waals surface area contributed by atoms with E-state index in [4.69, 9.17) is 0 Å². The van der Waals surface area contributed by atoms with Crippen molar-refractivity contribution in [3.05, 3.63) is 11.6 Å². The van der Waals surface area contributed by atoms with Crippen LogP contribution < -0.4 is 0 Å². The Morgan fingerprint density at radius 3 is 1.76 bits per heavy atom. The molecule has 0 aliphatic rings. The van der Waals surface area contributed by atoms with Gasteiger partial charge in [0.05, 0.1) is 0 Å². The Balaban J connectivity index is 3.52. The Bertz CT molecular complexity index is 255. The summed E-state index contributed by atoms with van der Waals surface area (Å²) in [5, 5.41) is 1.00. The smallest absolute Gasteiger partial charge is 0.0214 e. The van der Waals surface area contributed by atoms with Crippen LogP contribution in [0.15, 0.2) is 11.6 Å². The largest absolute Gasteiger partial charge is 0.0883 e. The summed E-state index contributed by atoms with van der Waals surface area (Å²) < 4.78 is 0. The molecule has 1 heteroatoms. The Kier molecular flexibility index (Phi) is 14.0. The molecule has 0 N–H and O–H groups in total. The Labute approximate surface area is 143 Å². The molecule has 0 saturated carbocycles. The van der Waals surface area contributed by atoms with Gasteiger partial charge in [0.15, 0.2) is 0 Å². The van der Waals surface area contributed by atoms with E-state index in [2.05, 4.69) is 56.6 Å². The van der Waals surface area contributed by atoms with Gasteiger partial charge in [0.2, 0.25) is 0 Å². The van der Waals surface area contributed by atoms with Gasteiger partial charge in [-0.15, -0.1) is 0 Å². The maximum Gasteiger partial charge on any atom is 0.0214 e. The van der Waals surface area contributed by atoms with Gasteiger partial charge in [-0.3, -0.25) is 0 Å². The summed E-state index contributed by atoms with van der Waals surface area (Å²) in [5.74, 6) is 2.71. The Morgan fingerprint density at radius 2 is 1.29 bits per heavy atom. The zero-order valence-electron chi connectivity index (χ0n) is 15.3. The first-order valence-electron chi connectivity index (χ1n) is 9.17. The summed E-state index contributed by atoms with van der Waals surface area (Å²) in [7, 11) is 0. The molecular weight excluding hydrogens is 320 g/mol. The molecule has 2 unspecified atom stereocenters. The van der Waals surface area contributed by atoms with Crippen LogP contribution in [0.1, 0.15) is 92.4 Å². The lowest BCUT2D eigenvalue weighted by Crippen LogP contribution is -2.00. The Morgan fingerprint density at radius 1 is 0.810 bits per heavy atom. The molecule has 0 radical (unpaired) electrons. The SMILES string of the molecule is CC(=CCBr)CCCC(C)CCCC(C)CCCC(C)C. The summed E-state index contributed by atoms with van der Waals surface area (Å²) in [5.41, 5.74) is 1.54. The highest BCUT2D eigenvalue weighted by Crippen LogP contribution is 2.22. The predicted molar refractivity (Wildman–Crippen MR) is 102 cm³/mol. The Hall–Kier alpha value is 0.220. The maximum absolute atomic E-state index is 3.47. The van der Waals surface area contributed by atoms with Crippen molar-refractivity contribution in [2.45, 2.75) is 92.4 Å². The van der Waals surface area contributed by atoms with Crippen molar-refractivity contribution in [1.29, 1.82) is 0 Å². The third-order valence-corrected chi connectivity index (χ3v) is 4.89. The van der Waals surface area contributed by atoms with E-state index < -0.39 is 0 Å². The second-order valence-electron chi connectivity index (χ2n) is 7.56. The van der Waals surface area contributed by atoms with E-state index >= 15 is 0 Å². The second kappa shape index (κ2) is 13.9. The molecule has 0 aromatic carbocycles. The first-order valence-corrected chi connectivity index (χ1v) is 10.3. The van der Waals surface area contributed by atoms with Crippen molar-refractivity contribution in [2.75, 3.05) is 5.33 Å². The molecule has 0 fully saturated rings. The van der Waals surface area contributed by atoms with Crippen molar-refractivity contribution in [2.24, 2.45) is 17.8 Å². The zero-order valence-corrected chi connectivity index (χ0v) is 16.8. The molecule has 0 spiro atoms. The predicted octanol–water partition coefficient (Wildman–Crippen LogP) is 7.77. The lowest BCUT2D eigenvalue weighted by molar-refractivity contribution is 0.389. The quantitative estimate of drug-likeness (QED) is 0.233.